The highest BCUT2D eigenvalue weighted by Gasteiger charge is 2.27. The van der Waals surface area contributed by atoms with Crippen LogP contribution in [0.25, 0.3) is 10.9 Å². The number of ether oxygens (including phenoxy) is 2. The molecule has 2 aromatic heterocycles. The van der Waals surface area contributed by atoms with Gasteiger partial charge in [-0.3, -0.25) is 4.68 Å². The summed E-state index contributed by atoms with van der Waals surface area (Å²) in [6.45, 7) is 0.650. The number of fused-ring (bicyclic) bond motifs is 1. The van der Waals surface area contributed by atoms with Crippen LogP contribution in [0, 0.1) is 3.70 Å². The Kier molecular flexibility index (Phi) is 4.41. The minimum atomic E-state index is 0.548. The largest absolute Gasteiger partial charge is 0.493 e. The Labute approximate surface area is 159 Å². The average Bonchev–Trinajstić information content (AvgIpc) is 3.43. The highest BCUT2D eigenvalue weighted by atomic mass is 127. The number of hydrogen-bond donors (Lipinski definition) is 1. The van der Waals surface area contributed by atoms with Crippen molar-refractivity contribution in [2.24, 2.45) is 0 Å². The molecule has 4 rings (SSSR count). The fourth-order valence-electron chi connectivity index (χ4n) is 2.95. The van der Waals surface area contributed by atoms with E-state index in [1.54, 1.807) is 14.2 Å². The quantitative estimate of drug-likeness (QED) is 0.576. The van der Waals surface area contributed by atoms with Gasteiger partial charge in [-0.1, -0.05) is 6.07 Å². The van der Waals surface area contributed by atoms with Crippen LogP contribution in [0.1, 0.15) is 24.4 Å². The number of nitrogens with zero attached hydrogens (tertiary/aromatic N) is 3. The van der Waals surface area contributed by atoms with Crippen LogP contribution in [0.3, 0.4) is 0 Å². The molecule has 0 radical (unpaired) electrons. The molecule has 0 unspecified atom stereocenters. The Morgan fingerprint density at radius 2 is 2.00 bits per heavy atom. The first-order valence-electron chi connectivity index (χ1n) is 8.18. The van der Waals surface area contributed by atoms with Crippen molar-refractivity contribution in [1.29, 1.82) is 0 Å². The number of hydrogen-bond acceptors (Lipinski definition) is 5. The van der Waals surface area contributed by atoms with Crippen LogP contribution in [0.5, 0.6) is 11.5 Å². The Bertz CT molecular complexity index is 921. The van der Waals surface area contributed by atoms with E-state index in [0.717, 1.165) is 37.5 Å². The van der Waals surface area contributed by atoms with Gasteiger partial charge in [0.15, 0.2) is 11.5 Å². The van der Waals surface area contributed by atoms with Crippen molar-refractivity contribution in [3.05, 3.63) is 39.7 Å². The lowest BCUT2D eigenvalue weighted by Crippen LogP contribution is -2.03. The summed E-state index contributed by atoms with van der Waals surface area (Å²) < 4.78 is 13.8. The van der Waals surface area contributed by atoms with Gasteiger partial charge in [-0.25, -0.2) is 4.98 Å². The molecule has 1 aromatic carbocycles. The maximum atomic E-state index is 5.37. The molecule has 1 fully saturated rings. The summed E-state index contributed by atoms with van der Waals surface area (Å²) in [5.41, 5.74) is 2.25. The minimum absolute atomic E-state index is 0.548. The summed E-state index contributed by atoms with van der Waals surface area (Å²) in [4.78, 5) is 4.53. The third-order valence-corrected chi connectivity index (χ3v) is 5.13. The molecule has 2 heterocycles. The zero-order valence-electron chi connectivity index (χ0n) is 14.1. The van der Waals surface area contributed by atoms with Gasteiger partial charge < -0.3 is 14.8 Å². The number of anilines is 1. The lowest BCUT2D eigenvalue weighted by Gasteiger charge is -2.11. The summed E-state index contributed by atoms with van der Waals surface area (Å²) in [7, 11) is 3.28. The van der Waals surface area contributed by atoms with Crippen LogP contribution in [-0.4, -0.2) is 29.0 Å². The van der Waals surface area contributed by atoms with Crippen molar-refractivity contribution in [2.45, 2.75) is 25.4 Å². The van der Waals surface area contributed by atoms with Crippen molar-refractivity contribution in [2.75, 3.05) is 19.5 Å². The van der Waals surface area contributed by atoms with Crippen LogP contribution in [-0.2, 0) is 6.54 Å². The van der Waals surface area contributed by atoms with E-state index in [1.165, 1.54) is 12.8 Å². The smallest absolute Gasteiger partial charge is 0.161 e. The molecule has 1 saturated carbocycles. The zero-order chi connectivity index (χ0) is 17.4. The van der Waals surface area contributed by atoms with Gasteiger partial charge in [0.1, 0.15) is 9.52 Å². The fourth-order valence-corrected chi connectivity index (χ4v) is 3.72. The molecule has 6 nitrogen and oxygen atoms in total. The van der Waals surface area contributed by atoms with E-state index in [0.29, 0.717) is 12.6 Å². The highest BCUT2D eigenvalue weighted by molar-refractivity contribution is 14.1. The molecule has 0 saturated heterocycles. The highest BCUT2D eigenvalue weighted by Crippen LogP contribution is 2.39. The summed E-state index contributed by atoms with van der Waals surface area (Å²) >= 11 is 2.29. The van der Waals surface area contributed by atoms with E-state index in [-0.39, 0.29) is 0 Å². The number of methoxy groups -OCH3 is 2. The van der Waals surface area contributed by atoms with E-state index in [1.807, 2.05) is 30.5 Å². The average molecular weight is 450 g/mol. The second-order valence-electron chi connectivity index (χ2n) is 6.06. The SMILES string of the molecule is COc1ccc(CNc2nccc3c2c(I)nn3C2CC2)cc1OC. The zero-order valence-corrected chi connectivity index (χ0v) is 16.3. The second kappa shape index (κ2) is 6.70. The number of pyridine rings is 1. The molecule has 0 amide bonds. The summed E-state index contributed by atoms with van der Waals surface area (Å²) in [6.07, 6.45) is 4.27. The number of rotatable bonds is 6. The molecule has 1 aliphatic rings. The molecule has 0 bridgehead atoms. The fraction of sp³-hybridized carbons (Fsp3) is 0.333. The molecule has 25 heavy (non-hydrogen) atoms. The Morgan fingerprint density at radius 1 is 1.20 bits per heavy atom. The van der Waals surface area contributed by atoms with Gasteiger partial charge >= 0.3 is 0 Å². The normalized spacial score (nSPS) is 13.9. The maximum absolute atomic E-state index is 5.37. The van der Waals surface area contributed by atoms with Gasteiger partial charge in [0.25, 0.3) is 0 Å². The van der Waals surface area contributed by atoms with E-state index >= 15 is 0 Å². The van der Waals surface area contributed by atoms with E-state index in [2.05, 4.69) is 37.6 Å². The number of halogens is 1. The third kappa shape index (κ3) is 3.12. The predicted molar refractivity (Wildman–Crippen MR) is 105 cm³/mol. The number of benzene rings is 1. The molecule has 1 N–H and O–H groups in total. The molecule has 0 spiro atoms. The van der Waals surface area contributed by atoms with E-state index in [9.17, 15) is 0 Å². The predicted octanol–water partition coefficient (Wildman–Crippen LogP) is 4.00. The van der Waals surface area contributed by atoms with Gasteiger partial charge in [0, 0.05) is 12.7 Å². The Hall–Kier alpha value is -2.03. The van der Waals surface area contributed by atoms with E-state index in [4.69, 9.17) is 14.6 Å². The monoisotopic (exact) mass is 450 g/mol. The Balaban J connectivity index is 1.61. The van der Waals surface area contributed by atoms with Crippen LogP contribution in [0.15, 0.2) is 30.5 Å². The van der Waals surface area contributed by atoms with Gasteiger partial charge in [-0.2, -0.15) is 5.10 Å². The third-order valence-electron chi connectivity index (χ3n) is 4.38. The lowest BCUT2D eigenvalue weighted by atomic mass is 10.2. The molecule has 0 aliphatic heterocycles. The van der Waals surface area contributed by atoms with Crippen molar-refractivity contribution >= 4 is 39.3 Å². The van der Waals surface area contributed by atoms with Gasteiger partial charge in [-0.15, -0.1) is 0 Å². The molecule has 130 valence electrons. The van der Waals surface area contributed by atoms with Crippen molar-refractivity contribution in [3.8, 4) is 11.5 Å². The van der Waals surface area contributed by atoms with Crippen molar-refractivity contribution in [3.63, 3.8) is 0 Å². The van der Waals surface area contributed by atoms with Crippen LogP contribution < -0.4 is 14.8 Å². The molecule has 7 heteroatoms. The topological polar surface area (TPSA) is 61.2 Å². The molecule has 3 aromatic rings. The lowest BCUT2D eigenvalue weighted by molar-refractivity contribution is 0.354. The van der Waals surface area contributed by atoms with Crippen molar-refractivity contribution < 1.29 is 9.47 Å². The number of aromatic nitrogens is 3. The molecule has 0 atom stereocenters. The second-order valence-corrected chi connectivity index (χ2v) is 7.08. The van der Waals surface area contributed by atoms with E-state index < -0.39 is 0 Å². The first-order valence-corrected chi connectivity index (χ1v) is 9.26. The molecular formula is C18H19IN4O2. The summed E-state index contributed by atoms with van der Waals surface area (Å²) in [5.74, 6) is 2.32. The molecule has 1 aliphatic carbocycles. The standard InChI is InChI=1S/C18H19IN4O2/c1-24-14-6-3-11(9-15(14)25-2)10-21-18-16-13(7-8-20-18)23(12-4-5-12)22-17(16)19/h3,6-9,12H,4-5,10H2,1-2H3,(H,20,21). The van der Waals surface area contributed by atoms with Gasteiger partial charge in [0.2, 0.25) is 0 Å². The van der Waals surface area contributed by atoms with Crippen LogP contribution in [0.2, 0.25) is 0 Å². The van der Waals surface area contributed by atoms with Crippen molar-refractivity contribution in [1.82, 2.24) is 14.8 Å². The van der Waals surface area contributed by atoms with Crippen LogP contribution in [0.4, 0.5) is 5.82 Å². The first-order chi connectivity index (χ1) is 12.2. The first kappa shape index (κ1) is 16.4. The summed E-state index contributed by atoms with van der Waals surface area (Å²) in [5, 5.41) is 9.24. The maximum Gasteiger partial charge on any atom is 0.161 e. The van der Waals surface area contributed by atoms with Gasteiger partial charge in [-0.05, 0) is 59.2 Å². The van der Waals surface area contributed by atoms with Crippen LogP contribution >= 0.6 is 22.6 Å². The number of nitrogens with one attached hydrogen (secondary N) is 1. The van der Waals surface area contributed by atoms with Gasteiger partial charge in [0.05, 0.1) is 31.2 Å². The minimum Gasteiger partial charge on any atom is -0.493 e. The summed E-state index contributed by atoms with van der Waals surface area (Å²) in [6, 6.07) is 8.51. The molecular weight excluding hydrogens is 431 g/mol. The Morgan fingerprint density at radius 3 is 2.72 bits per heavy atom.